The summed E-state index contributed by atoms with van der Waals surface area (Å²) in [4.78, 5) is 5.20. The second kappa shape index (κ2) is 7.03. The van der Waals surface area contributed by atoms with Crippen LogP contribution in [0, 0.1) is 0 Å². The van der Waals surface area contributed by atoms with Crippen LogP contribution in [0.25, 0.3) is 0 Å². The molecule has 25 heavy (non-hydrogen) atoms. The van der Waals surface area contributed by atoms with Gasteiger partial charge in [0, 0.05) is 62.0 Å². The lowest BCUT2D eigenvalue weighted by atomic mass is 9.78. The Morgan fingerprint density at radius 3 is 2.08 bits per heavy atom. The zero-order valence-electron chi connectivity index (χ0n) is 18.3. The maximum atomic E-state index is 4.98. The molecule has 0 aromatic carbocycles. The standard InChI is InChI=1S/C21H40N4/c1-15(2)25-12-11-24(13-16(25)3)14-17-18(20(4,5)6)19(21(7,8)9)23(10)22-17/h15-16H,11-14H2,1-10H3/t16-/m0/s1. The lowest BCUT2D eigenvalue weighted by molar-refractivity contribution is 0.0555. The molecule has 1 fully saturated rings. The molecule has 1 aromatic heterocycles. The molecular weight excluding hydrogens is 308 g/mol. The van der Waals surface area contributed by atoms with Gasteiger partial charge < -0.3 is 0 Å². The molecule has 1 aliphatic rings. The van der Waals surface area contributed by atoms with E-state index in [1.807, 2.05) is 0 Å². The van der Waals surface area contributed by atoms with Crippen LogP contribution >= 0.6 is 0 Å². The number of hydrogen-bond acceptors (Lipinski definition) is 3. The Morgan fingerprint density at radius 2 is 1.64 bits per heavy atom. The van der Waals surface area contributed by atoms with E-state index < -0.39 is 0 Å². The molecule has 2 rings (SSSR count). The highest BCUT2D eigenvalue weighted by Gasteiger charge is 2.34. The van der Waals surface area contributed by atoms with Crippen LogP contribution in [0.3, 0.4) is 0 Å². The normalized spacial score (nSPS) is 21.3. The first-order valence-corrected chi connectivity index (χ1v) is 9.87. The topological polar surface area (TPSA) is 24.3 Å². The number of hydrogen-bond donors (Lipinski definition) is 0. The summed E-state index contributed by atoms with van der Waals surface area (Å²) < 4.78 is 2.13. The Labute approximate surface area is 155 Å². The van der Waals surface area contributed by atoms with Gasteiger partial charge in [0.05, 0.1) is 5.69 Å². The van der Waals surface area contributed by atoms with E-state index in [2.05, 4.69) is 83.8 Å². The molecule has 0 aliphatic carbocycles. The highest BCUT2D eigenvalue weighted by molar-refractivity contribution is 5.37. The van der Waals surface area contributed by atoms with E-state index in [0.717, 1.165) is 26.2 Å². The van der Waals surface area contributed by atoms with E-state index in [0.29, 0.717) is 12.1 Å². The third-order valence-corrected chi connectivity index (χ3v) is 5.38. The van der Waals surface area contributed by atoms with Gasteiger partial charge in [-0.2, -0.15) is 5.10 Å². The van der Waals surface area contributed by atoms with Gasteiger partial charge >= 0.3 is 0 Å². The van der Waals surface area contributed by atoms with Gasteiger partial charge in [-0.05, 0) is 26.2 Å². The molecule has 0 N–H and O–H groups in total. The van der Waals surface area contributed by atoms with Crippen LogP contribution in [-0.4, -0.2) is 51.3 Å². The molecule has 144 valence electrons. The molecule has 4 heteroatoms. The van der Waals surface area contributed by atoms with Gasteiger partial charge in [0.25, 0.3) is 0 Å². The fourth-order valence-electron chi connectivity index (χ4n) is 4.51. The molecule has 1 atom stereocenters. The van der Waals surface area contributed by atoms with Crippen molar-refractivity contribution in [1.82, 2.24) is 19.6 Å². The summed E-state index contributed by atoms with van der Waals surface area (Å²) in [5.74, 6) is 0. The van der Waals surface area contributed by atoms with Crippen LogP contribution in [0.15, 0.2) is 0 Å². The molecule has 4 nitrogen and oxygen atoms in total. The van der Waals surface area contributed by atoms with Gasteiger partial charge in [0.2, 0.25) is 0 Å². The monoisotopic (exact) mass is 348 g/mol. The molecular formula is C21H40N4. The molecule has 1 aliphatic heterocycles. The van der Waals surface area contributed by atoms with Crippen molar-refractivity contribution in [2.24, 2.45) is 7.05 Å². The maximum Gasteiger partial charge on any atom is 0.0805 e. The summed E-state index contributed by atoms with van der Waals surface area (Å²) >= 11 is 0. The summed E-state index contributed by atoms with van der Waals surface area (Å²) in [6, 6.07) is 1.24. The first-order chi connectivity index (χ1) is 11.3. The minimum absolute atomic E-state index is 0.103. The summed E-state index contributed by atoms with van der Waals surface area (Å²) in [5.41, 5.74) is 4.31. The Morgan fingerprint density at radius 1 is 1.04 bits per heavy atom. The predicted molar refractivity (Wildman–Crippen MR) is 107 cm³/mol. The van der Waals surface area contributed by atoms with Gasteiger partial charge in [-0.1, -0.05) is 41.5 Å². The lowest BCUT2D eigenvalue weighted by Gasteiger charge is -2.42. The number of aryl methyl sites for hydroxylation is 1. The smallest absolute Gasteiger partial charge is 0.0805 e. The zero-order valence-corrected chi connectivity index (χ0v) is 18.3. The molecule has 0 radical (unpaired) electrons. The van der Waals surface area contributed by atoms with E-state index in [-0.39, 0.29) is 10.8 Å². The van der Waals surface area contributed by atoms with Crippen molar-refractivity contribution in [3.63, 3.8) is 0 Å². The van der Waals surface area contributed by atoms with E-state index in [1.165, 1.54) is 17.0 Å². The first kappa shape index (κ1) is 20.4. The lowest BCUT2D eigenvalue weighted by Crippen LogP contribution is -2.53. The van der Waals surface area contributed by atoms with Gasteiger partial charge in [-0.3, -0.25) is 14.5 Å². The fourth-order valence-corrected chi connectivity index (χ4v) is 4.51. The third-order valence-electron chi connectivity index (χ3n) is 5.38. The first-order valence-electron chi connectivity index (χ1n) is 9.87. The average molecular weight is 349 g/mol. The van der Waals surface area contributed by atoms with E-state index in [4.69, 9.17) is 5.10 Å². The van der Waals surface area contributed by atoms with Crippen molar-refractivity contribution >= 4 is 0 Å². The number of piperazine rings is 1. The Bertz CT molecular complexity index is 586. The Kier molecular flexibility index (Phi) is 5.75. The molecule has 0 spiro atoms. The minimum atomic E-state index is 0.103. The maximum absolute atomic E-state index is 4.98. The molecule has 1 saturated heterocycles. The number of aromatic nitrogens is 2. The van der Waals surface area contributed by atoms with Crippen LogP contribution in [0.2, 0.25) is 0 Å². The number of rotatable bonds is 3. The SMILES string of the molecule is CC(C)N1CCN(Cc2nn(C)c(C(C)(C)C)c2C(C)(C)C)C[C@@H]1C. The van der Waals surface area contributed by atoms with Gasteiger partial charge in [-0.25, -0.2) is 0 Å². The van der Waals surface area contributed by atoms with Gasteiger partial charge in [0.15, 0.2) is 0 Å². The van der Waals surface area contributed by atoms with Crippen molar-refractivity contribution < 1.29 is 0 Å². The van der Waals surface area contributed by atoms with Crippen molar-refractivity contribution in [2.75, 3.05) is 19.6 Å². The highest BCUT2D eigenvalue weighted by atomic mass is 15.3. The zero-order chi connectivity index (χ0) is 19.2. The number of nitrogens with zero attached hydrogens (tertiary/aromatic N) is 4. The molecule has 0 saturated carbocycles. The van der Waals surface area contributed by atoms with Crippen molar-refractivity contribution in [2.45, 2.75) is 91.8 Å². The van der Waals surface area contributed by atoms with E-state index in [1.54, 1.807) is 0 Å². The van der Waals surface area contributed by atoms with Crippen LogP contribution in [0.5, 0.6) is 0 Å². The fraction of sp³-hybridized carbons (Fsp3) is 0.857. The van der Waals surface area contributed by atoms with Crippen LogP contribution in [0.1, 0.15) is 79.3 Å². The van der Waals surface area contributed by atoms with Crippen molar-refractivity contribution in [3.8, 4) is 0 Å². The molecule has 1 aromatic rings. The Hall–Kier alpha value is -0.870. The largest absolute Gasteiger partial charge is 0.296 e. The summed E-state index contributed by atoms with van der Waals surface area (Å²) in [5, 5.41) is 4.98. The molecule has 0 amide bonds. The van der Waals surface area contributed by atoms with Crippen LogP contribution in [-0.2, 0) is 24.4 Å². The predicted octanol–water partition coefficient (Wildman–Crippen LogP) is 3.93. The average Bonchev–Trinajstić information content (AvgIpc) is 2.74. The molecule has 0 unspecified atom stereocenters. The minimum Gasteiger partial charge on any atom is -0.296 e. The highest BCUT2D eigenvalue weighted by Crippen LogP contribution is 2.36. The van der Waals surface area contributed by atoms with Crippen molar-refractivity contribution in [1.29, 1.82) is 0 Å². The van der Waals surface area contributed by atoms with Crippen LogP contribution < -0.4 is 0 Å². The molecule has 0 bridgehead atoms. The van der Waals surface area contributed by atoms with E-state index in [9.17, 15) is 0 Å². The molecule has 2 heterocycles. The van der Waals surface area contributed by atoms with Gasteiger partial charge in [0.1, 0.15) is 0 Å². The Balaban J connectivity index is 2.29. The second-order valence-corrected chi connectivity index (χ2v) is 10.2. The third kappa shape index (κ3) is 4.46. The van der Waals surface area contributed by atoms with Gasteiger partial charge in [-0.15, -0.1) is 0 Å². The quantitative estimate of drug-likeness (QED) is 0.827. The van der Waals surface area contributed by atoms with Crippen LogP contribution in [0.4, 0.5) is 0 Å². The summed E-state index contributed by atoms with van der Waals surface area (Å²) in [6.07, 6.45) is 0. The summed E-state index contributed by atoms with van der Waals surface area (Å²) in [6.45, 7) is 25.2. The second-order valence-electron chi connectivity index (χ2n) is 10.2. The summed E-state index contributed by atoms with van der Waals surface area (Å²) in [7, 11) is 2.11. The van der Waals surface area contributed by atoms with Crippen molar-refractivity contribution in [3.05, 3.63) is 17.0 Å². The van der Waals surface area contributed by atoms with E-state index >= 15 is 0 Å².